The lowest BCUT2D eigenvalue weighted by Crippen LogP contribution is -2.36. The van der Waals surface area contributed by atoms with Crippen molar-refractivity contribution >= 4 is 49.5 Å². The molecule has 8 nitrogen and oxygen atoms in total. The highest BCUT2D eigenvalue weighted by Crippen LogP contribution is 2.57. The maximum absolute atomic E-state index is 13.2. The van der Waals surface area contributed by atoms with Crippen molar-refractivity contribution in [2.24, 2.45) is 0 Å². The van der Waals surface area contributed by atoms with Crippen LogP contribution in [-0.2, 0) is 27.0 Å². The highest BCUT2D eigenvalue weighted by molar-refractivity contribution is 7.87. The molecular formula is C36H25ClNO7S+. The van der Waals surface area contributed by atoms with Gasteiger partial charge in [0.1, 0.15) is 23.0 Å². The number of aryl methyl sites for hydroxylation is 1. The molecule has 1 aromatic heterocycles. The number of phenolic OH excluding ortho intramolecular Hbond substituents is 1. The van der Waals surface area contributed by atoms with Gasteiger partial charge < -0.3 is 18.8 Å². The average Bonchev–Trinajstić information content (AvgIpc) is 3.33. The van der Waals surface area contributed by atoms with Gasteiger partial charge in [0.05, 0.1) is 16.3 Å². The summed E-state index contributed by atoms with van der Waals surface area (Å²) in [6.45, 7) is 0.466. The van der Waals surface area contributed by atoms with Crippen molar-refractivity contribution in [1.82, 2.24) is 0 Å². The SMILES string of the molecule is O=C1OC2(c3ccc(O)cc3Oc3cc(OS(=O)(=O)CCC[n+]4c5ccccc5cc5ccccc54)ccc32)c2cccc(Cl)c21. The van der Waals surface area contributed by atoms with Crippen molar-refractivity contribution in [2.75, 3.05) is 5.75 Å². The number of carbonyl (C=O) groups excluding carboxylic acids is 1. The van der Waals surface area contributed by atoms with Crippen LogP contribution in [0.25, 0.3) is 21.8 Å². The van der Waals surface area contributed by atoms with Crippen LogP contribution in [0.5, 0.6) is 23.0 Å². The van der Waals surface area contributed by atoms with Crippen molar-refractivity contribution in [3.8, 4) is 23.0 Å². The largest absolute Gasteiger partial charge is 0.508 e. The summed E-state index contributed by atoms with van der Waals surface area (Å²) >= 11 is 6.42. The Morgan fingerprint density at radius 2 is 1.46 bits per heavy atom. The van der Waals surface area contributed by atoms with E-state index >= 15 is 0 Å². The fourth-order valence-electron chi connectivity index (χ4n) is 6.59. The minimum absolute atomic E-state index is 0.0383. The Morgan fingerprint density at radius 3 is 2.20 bits per heavy atom. The van der Waals surface area contributed by atoms with Crippen LogP contribution in [0.3, 0.4) is 0 Å². The van der Waals surface area contributed by atoms with E-state index in [9.17, 15) is 18.3 Å². The first-order chi connectivity index (χ1) is 22.2. The van der Waals surface area contributed by atoms with Crippen LogP contribution in [0.2, 0.25) is 5.02 Å². The molecule has 0 aliphatic carbocycles. The first-order valence-corrected chi connectivity index (χ1v) is 16.6. The van der Waals surface area contributed by atoms with Crippen LogP contribution in [-0.4, -0.2) is 25.2 Å². The third-order valence-corrected chi connectivity index (χ3v) is 10.1. The predicted molar refractivity (Wildman–Crippen MR) is 172 cm³/mol. The Balaban J connectivity index is 1.10. The third kappa shape index (κ3) is 4.46. The van der Waals surface area contributed by atoms with Crippen LogP contribution in [0, 0.1) is 0 Å². The van der Waals surface area contributed by atoms with Gasteiger partial charge in [-0.25, -0.2) is 4.79 Å². The van der Waals surface area contributed by atoms with Gasteiger partial charge in [-0.2, -0.15) is 13.0 Å². The molecule has 8 rings (SSSR count). The number of fused-ring (bicyclic) bond motifs is 8. The highest BCUT2D eigenvalue weighted by Gasteiger charge is 2.54. The van der Waals surface area contributed by atoms with E-state index in [-0.39, 0.29) is 39.3 Å². The Morgan fingerprint density at radius 1 is 0.783 bits per heavy atom. The van der Waals surface area contributed by atoms with Gasteiger partial charge in [-0.1, -0.05) is 48.0 Å². The number of nitrogens with zero attached hydrogens (tertiary/aromatic N) is 1. The van der Waals surface area contributed by atoms with E-state index < -0.39 is 21.7 Å². The number of aromatic hydroxyl groups is 1. The normalized spacial score (nSPS) is 16.5. The number of ether oxygens (including phenoxy) is 2. The molecule has 1 unspecified atom stereocenters. The predicted octanol–water partition coefficient (Wildman–Crippen LogP) is 7.01. The number of rotatable bonds is 6. The number of para-hydroxylation sites is 2. The van der Waals surface area contributed by atoms with Crippen LogP contribution >= 0.6 is 11.6 Å². The molecule has 2 aliphatic heterocycles. The maximum Gasteiger partial charge on any atom is 0.341 e. The number of pyridine rings is 1. The molecule has 0 bridgehead atoms. The number of hydrogen-bond acceptors (Lipinski definition) is 7. The second-order valence-corrected chi connectivity index (χ2v) is 13.4. The molecule has 10 heteroatoms. The summed E-state index contributed by atoms with van der Waals surface area (Å²) in [6, 6.07) is 32.4. The Bertz CT molecular complexity index is 2300. The second kappa shape index (κ2) is 10.5. The summed E-state index contributed by atoms with van der Waals surface area (Å²) in [5, 5.41) is 12.6. The van der Waals surface area contributed by atoms with E-state index in [1.54, 1.807) is 30.3 Å². The van der Waals surface area contributed by atoms with Crippen LogP contribution < -0.4 is 13.5 Å². The van der Waals surface area contributed by atoms with Crippen LogP contribution in [0.1, 0.15) is 33.5 Å². The standard InChI is InChI=1S/C36H24ClNO7S/c37-29-10-5-9-28-34(29)35(40)44-36(28)26-15-13-24(39)20-32(26)43-33-21-25(14-16-27(33)36)45-46(41,42)18-6-17-38-30-11-3-1-7-22(30)19-23-8-2-4-12-31(23)38/h1-5,7-16,19-21H,6,17-18H2/p+1. The number of carbonyl (C=O) groups is 1. The Hall–Kier alpha value is -5.12. The van der Waals surface area contributed by atoms with Gasteiger partial charge in [-0.3, -0.25) is 0 Å². The smallest absolute Gasteiger partial charge is 0.341 e. The van der Waals surface area contributed by atoms with E-state index in [4.69, 9.17) is 25.3 Å². The van der Waals surface area contributed by atoms with E-state index in [1.165, 1.54) is 24.3 Å². The van der Waals surface area contributed by atoms with Crippen LogP contribution in [0.15, 0.2) is 109 Å². The number of esters is 1. The number of benzene rings is 5. The van der Waals surface area contributed by atoms with Gasteiger partial charge in [-0.05, 0) is 48.5 Å². The molecule has 228 valence electrons. The quantitative estimate of drug-likeness (QED) is 0.0896. The van der Waals surface area contributed by atoms with Crippen molar-refractivity contribution in [3.05, 3.63) is 136 Å². The van der Waals surface area contributed by atoms with Gasteiger partial charge in [0.15, 0.2) is 12.1 Å². The summed E-state index contributed by atoms with van der Waals surface area (Å²) in [6.07, 6.45) is 0.315. The molecule has 1 atom stereocenters. The highest BCUT2D eigenvalue weighted by atomic mass is 35.5. The van der Waals surface area contributed by atoms with E-state index in [2.05, 4.69) is 10.6 Å². The maximum atomic E-state index is 13.2. The topological polar surface area (TPSA) is 103 Å². The molecular weight excluding hydrogens is 626 g/mol. The van der Waals surface area contributed by atoms with Gasteiger partial charge in [0, 0.05) is 58.1 Å². The summed E-state index contributed by atoms with van der Waals surface area (Å²) in [7, 11) is -4.01. The Kier molecular flexibility index (Phi) is 6.46. The lowest BCUT2D eigenvalue weighted by Gasteiger charge is -2.36. The number of aromatic nitrogens is 1. The van der Waals surface area contributed by atoms with Gasteiger partial charge >= 0.3 is 16.1 Å². The van der Waals surface area contributed by atoms with Crippen molar-refractivity contribution in [2.45, 2.75) is 18.6 Å². The Labute approximate surface area is 269 Å². The monoisotopic (exact) mass is 650 g/mol. The molecule has 6 aromatic rings. The number of phenols is 1. The first-order valence-electron chi connectivity index (χ1n) is 14.6. The summed E-state index contributed by atoms with van der Waals surface area (Å²) in [5.41, 5.74) is 2.31. The molecule has 0 saturated heterocycles. The third-order valence-electron chi connectivity index (χ3n) is 8.50. The van der Waals surface area contributed by atoms with Gasteiger partial charge in [-0.15, -0.1) is 0 Å². The summed E-state index contributed by atoms with van der Waals surface area (Å²) in [4.78, 5) is 13.1. The van der Waals surface area contributed by atoms with Gasteiger partial charge in [0.2, 0.25) is 11.0 Å². The zero-order valence-corrected chi connectivity index (χ0v) is 25.7. The number of halogens is 1. The molecule has 0 amide bonds. The molecule has 0 fully saturated rings. The van der Waals surface area contributed by atoms with Crippen molar-refractivity contribution < 1.29 is 36.5 Å². The molecule has 2 aliphatic rings. The molecule has 1 N–H and O–H groups in total. The fraction of sp³-hybridized carbons (Fsp3) is 0.111. The molecule has 1 spiro atoms. The first kappa shape index (κ1) is 28.4. The molecule has 3 heterocycles. The summed E-state index contributed by atoms with van der Waals surface area (Å²) in [5.74, 6) is -0.389. The molecule has 0 saturated carbocycles. The lowest BCUT2D eigenvalue weighted by atomic mass is 9.77. The minimum atomic E-state index is -4.01. The summed E-state index contributed by atoms with van der Waals surface area (Å²) < 4.78 is 46.4. The number of hydrogen-bond donors (Lipinski definition) is 1. The fourth-order valence-corrected chi connectivity index (χ4v) is 7.80. The zero-order chi connectivity index (χ0) is 31.6. The van der Waals surface area contributed by atoms with Crippen LogP contribution in [0.4, 0.5) is 0 Å². The van der Waals surface area contributed by atoms with E-state index in [1.807, 2.05) is 48.5 Å². The molecule has 0 radical (unpaired) electrons. The average molecular weight is 651 g/mol. The second-order valence-electron chi connectivity index (χ2n) is 11.3. The minimum Gasteiger partial charge on any atom is -0.508 e. The van der Waals surface area contributed by atoms with E-state index in [0.29, 0.717) is 29.7 Å². The zero-order valence-electron chi connectivity index (χ0n) is 24.1. The lowest BCUT2D eigenvalue weighted by molar-refractivity contribution is -0.645. The van der Waals surface area contributed by atoms with Crippen molar-refractivity contribution in [3.63, 3.8) is 0 Å². The van der Waals surface area contributed by atoms with Crippen molar-refractivity contribution in [1.29, 1.82) is 0 Å². The van der Waals surface area contributed by atoms with Gasteiger partial charge in [0.25, 0.3) is 0 Å². The molecule has 5 aromatic carbocycles. The molecule has 46 heavy (non-hydrogen) atoms. The van der Waals surface area contributed by atoms with E-state index in [0.717, 1.165) is 21.8 Å².